The van der Waals surface area contributed by atoms with E-state index in [-0.39, 0.29) is 0 Å². The number of halogens is 1. The Morgan fingerprint density at radius 2 is 2.36 bits per heavy atom. The van der Waals surface area contributed by atoms with E-state index in [2.05, 4.69) is 0 Å². The molecule has 3 nitrogen and oxygen atoms in total. The summed E-state index contributed by atoms with van der Waals surface area (Å²) in [5, 5.41) is 9.56. The minimum atomic E-state index is -1.15. The topological polar surface area (TPSA) is 46.5 Å². The van der Waals surface area contributed by atoms with E-state index in [4.69, 9.17) is 21.4 Å². The van der Waals surface area contributed by atoms with Crippen molar-refractivity contribution in [3.05, 3.63) is 28.8 Å². The van der Waals surface area contributed by atoms with Gasteiger partial charge < -0.3 is 9.84 Å². The zero-order valence-corrected chi connectivity index (χ0v) is 8.34. The molecule has 1 aliphatic rings. The van der Waals surface area contributed by atoms with Crippen LogP contribution in [0.1, 0.15) is 12.5 Å². The lowest BCUT2D eigenvalue weighted by Gasteiger charge is -2.17. The first-order chi connectivity index (χ1) is 6.51. The maximum atomic E-state index is 10.9. The second kappa shape index (κ2) is 2.89. The first kappa shape index (κ1) is 9.34. The van der Waals surface area contributed by atoms with Gasteiger partial charge in [-0.25, -0.2) is 4.79 Å². The normalized spacial score (nSPS) is 24.1. The quantitative estimate of drug-likeness (QED) is 0.776. The summed E-state index contributed by atoms with van der Waals surface area (Å²) in [7, 11) is 0. The van der Waals surface area contributed by atoms with Crippen LogP contribution in [0.2, 0.25) is 5.02 Å². The summed E-state index contributed by atoms with van der Waals surface area (Å²) in [6.07, 6.45) is 0.359. The summed E-state index contributed by atoms with van der Waals surface area (Å²) in [6.45, 7) is 1.56. The van der Waals surface area contributed by atoms with Crippen LogP contribution in [0, 0.1) is 0 Å². The lowest BCUT2D eigenvalue weighted by atomic mass is 10.00. The van der Waals surface area contributed by atoms with Crippen LogP contribution in [0.15, 0.2) is 18.2 Å². The van der Waals surface area contributed by atoms with Gasteiger partial charge in [0.1, 0.15) is 5.75 Å². The van der Waals surface area contributed by atoms with Gasteiger partial charge in [-0.2, -0.15) is 0 Å². The predicted octanol–water partition coefficient (Wildman–Crippen LogP) is 2.12. The highest BCUT2D eigenvalue weighted by Gasteiger charge is 2.41. The van der Waals surface area contributed by atoms with Crippen molar-refractivity contribution in [2.24, 2.45) is 0 Å². The molecule has 1 aromatic carbocycles. The molecule has 74 valence electrons. The van der Waals surface area contributed by atoms with E-state index >= 15 is 0 Å². The average Bonchev–Trinajstić information content (AvgIpc) is 2.42. The summed E-state index contributed by atoms with van der Waals surface area (Å²) in [6, 6.07) is 5.13. The number of carboxylic acid groups (broad SMARTS) is 1. The third kappa shape index (κ3) is 1.34. The van der Waals surface area contributed by atoms with E-state index in [9.17, 15) is 4.79 Å². The van der Waals surface area contributed by atoms with E-state index in [0.29, 0.717) is 17.2 Å². The monoisotopic (exact) mass is 212 g/mol. The number of carboxylic acids is 1. The number of aliphatic carboxylic acids is 1. The van der Waals surface area contributed by atoms with Crippen molar-refractivity contribution >= 4 is 17.6 Å². The number of ether oxygens (including phenoxy) is 1. The van der Waals surface area contributed by atoms with Gasteiger partial charge in [-0.05, 0) is 25.1 Å². The lowest BCUT2D eigenvalue weighted by Crippen LogP contribution is -2.39. The first-order valence-corrected chi connectivity index (χ1v) is 4.60. The van der Waals surface area contributed by atoms with E-state index in [1.165, 1.54) is 0 Å². The molecule has 1 unspecified atom stereocenters. The van der Waals surface area contributed by atoms with Crippen molar-refractivity contribution in [2.75, 3.05) is 0 Å². The maximum absolute atomic E-state index is 10.9. The Bertz CT molecular complexity index is 402. The van der Waals surface area contributed by atoms with Crippen LogP contribution in [0.25, 0.3) is 0 Å². The number of hydrogen-bond acceptors (Lipinski definition) is 2. The Morgan fingerprint density at radius 3 is 3.00 bits per heavy atom. The molecule has 0 amide bonds. The van der Waals surface area contributed by atoms with Crippen LogP contribution in [0.5, 0.6) is 5.75 Å². The largest absolute Gasteiger partial charge is 0.478 e. The molecule has 0 saturated carbocycles. The van der Waals surface area contributed by atoms with Gasteiger partial charge in [-0.15, -0.1) is 0 Å². The average molecular weight is 213 g/mol. The second-order valence-electron chi connectivity index (χ2n) is 3.57. The van der Waals surface area contributed by atoms with Crippen molar-refractivity contribution in [3.63, 3.8) is 0 Å². The van der Waals surface area contributed by atoms with Crippen molar-refractivity contribution in [1.29, 1.82) is 0 Å². The second-order valence-corrected chi connectivity index (χ2v) is 4.00. The van der Waals surface area contributed by atoms with E-state index in [1.54, 1.807) is 25.1 Å². The number of benzene rings is 1. The third-order valence-electron chi connectivity index (χ3n) is 2.34. The SMILES string of the molecule is CC1(C(=O)O)Cc2cc(Cl)ccc2O1. The van der Waals surface area contributed by atoms with Crippen LogP contribution in [-0.4, -0.2) is 16.7 Å². The van der Waals surface area contributed by atoms with Gasteiger partial charge >= 0.3 is 5.97 Å². The summed E-state index contributed by atoms with van der Waals surface area (Å²) in [5.41, 5.74) is -0.296. The minimum Gasteiger partial charge on any atom is -0.478 e. The highest BCUT2D eigenvalue weighted by Crippen LogP contribution is 2.36. The smallest absolute Gasteiger partial charge is 0.348 e. The molecular weight excluding hydrogens is 204 g/mol. The Morgan fingerprint density at radius 1 is 1.64 bits per heavy atom. The van der Waals surface area contributed by atoms with E-state index in [1.807, 2.05) is 0 Å². The molecule has 0 saturated heterocycles. The zero-order chi connectivity index (χ0) is 10.3. The molecule has 1 N–H and O–H groups in total. The summed E-state index contributed by atoms with van der Waals surface area (Å²) in [4.78, 5) is 10.9. The van der Waals surface area contributed by atoms with Crippen LogP contribution in [-0.2, 0) is 11.2 Å². The number of carbonyl (C=O) groups is 1. The molecule has 0 aliphatic carbocycles. The molecule has 0 bridgehead atoms. The predicted molar refractivity (Wildman–Crippen MR) is 51.8 cm³/mol. The molecule has 0 spiro atoms. The summed E-state index contributed by atoms with van der Waals surface area (Å²) >= 11 is 5.79. The molecule has 1 aromatic rings. The molecule has 4 heteroatoms. The van der Waals surface area contributed by atoms with Gasteiger partial charge in [-0.3, -0.25) is 0 Å². The molecule has 0 radical (unpaired) electrons. The fourth-order valence-corrected chi connectivity index (χ4v) is 1.74. The Balaban J connectivity index is 2.39. The molecule has 2 rings (SSSR count). The highest BCUT2D eigenvalue weighted by molar-refractivity contribution is 6.30. The van der Waals surface area contributed by atoms with E-state index in [0.717, 1.165) is 5.56 Å². The Labute approximate surface area is 86.3 Å². The zero-order valence-electron chi connectivity index (χ0n) is 7.58. The summed E-state index contributed by atoms with van der Waals surface area (Å²) in [5.74, 6) is -0.343. The minimum absolute atomic E-state index is 0.359. The molecule has 14 heavy (non-hydrogen) atoms. The Hall–Kier alpha value is -1.22. The third-order valence-corrected chi connectivity index (χ3v) is 2.57. The van der Waals surface area contributed by atoms with E-state index < -0.39 is 11.6 Å². The molecule has 0 fully saturated rings. The van der Waals surface area contributed by atoms with Crippen LogP contribution >= 0.6 is 11.6 Å². The van der Waals surface area contributed by atoms with Gasteiger partial charge in [0.25, 0.3) is 0 Å². The lowest BCUT2D eigenvalue weighted by molar-refractivity contribution is -0.152. The number of fused-ring (bicyclic) bond motifs is 1. The molecule has 1 atom stereocenters. The van der Waals surface area contributed by atoms with Gasteiger partial charge in [0.2, 0.25) is 5.60 Å². The highest BCUT2D eigenvalue weighted by atomic mass is 35.5. The molecule has 1 aliphatic heterocycles. The van der Waals surface area contributed by atoms with Gasteiger partial charge in [0.15, 0.2) is 0 Å². The van der Waals surface area contributed by atoms with Crippen molar-refractivity contribution < 1.29 is 14.6 Å². The molecular formula is C10H9ClO3. The maximum Gasteiger partial charge on any atom is 0.348 e. The van der Waals surface area contributed by atoms with Crippen molar-refractivity contribution in [1.82, 2.24) is 0 Å². The Kier molecular flexibility index (Phi) is 1.93. The number of hydrogen-bond donors (Lipinski definition) is 1. The van der Waals surface area contributed by atoms with Gasteiger partial charge in [-0.1, -0.05) is 11.6 Å². The van der Waals surface area contributed by atoms with Crippen LogP contribution < -0.4 is 4.74 Å². The number of rotatable bonds is 1. The van der Waals surface area contributed by atoms with Crippen molar-refractivity contribution in [2.45, 2.75) is 18.9 Å². The first-order valence-electron chi connectivity index (χ1n) is 4.22. The van der Waals surface area contributed by atoms with Gasteiger partial charge in [0.05, 0.1) is 0 Å². The molecule has 1 heterocycles. The van der Waals surface area contributed by atoms with Crippen molar-refractivity contribution in [3.8, 4) is 5.75 Å². The fraction of sp³-hybridized carbons (Fsp3) is 0.300. The van der Waals surface area contributed by atoms with Crippen LogP contribution in [0.4, 0.5) is 0 Å². The fourth-order valence-electron chi connectivity index (χ4n) is 1.55. The van der Waals surface area contributed by atoms with Gasteiger partial charge in [0, 0.05) is 17.0 Å². The standard InChI is InChI=1S/C10H9ClO3/c1-10(9(12)13)5-6-4-7(11)2-3-8(6)14-10/h2-4H,5H2,1H3,(H,12,13). The molecule has 0 aromatic heterocycles. The van der Waals surface area contributed by atoms with Crippen LogP contribution in [0.3, 0.4) is 0 Å². The summed E-state index contributed by atoms with van der Waals surface area (Å²) < 4.78 is 5.35.